The van der Waals surface area contributed by atoms with Crippen molar-refractivity contribution in [3.05, 3.63) is 71.8 Å². The van der Waals surface area contributed by atoms with Gasteiger partial charge < -0.3 is 21.1 Å². The maximum atomic E-state index is 13.3. The lowest BCUT2D eigenvalue weighted by Gasteiger charge is -2.15. The van der Waals surface area contributed by atoms with E-state index in [0.29, 0.717) is 11.0 Å². The summed E-state index contributed by atoms with van der Waals surface area (Å²) in [4.78, 5) is 20.8. The second kappa shape index (κ2) is 11.4. The average Bonchev–Trinajstić information content (AvgIpc) is 2.86. The summed E-state index contributed by atoms with van der Waals surface area (Å²) in [5.41, 5.74) is 1.46. The molecular weight excluding hydrogens is 523 g/mol. The summed E-state index contributed by atoms with van der Waals surface area (Å²) in [5.74, 6) is -0.562. The van der Waals surface area contributed by atoms with Gasteiger partial charge in [0.1, 0.15) is 12.4 Å². The fourth-order valence-corrected chi connectivity index (χ4v) is 4.52. The van der Waals surface area contributed by atoms with Gasteiger partial charge >= 0.3 is 0 Å². The molecule has 4 rings (SSSR count). The predicted molar refractivity (Wildman–Crippen MR) is 141 cm³/mol. The Kier molecular flexibility index (Phi) is 8.01. The summed E-state index contributed by atoms with van der Waals surface area (Å²) >= 11 is 6.23. The van der Waals surface area contributed by atoms with Gasteiger partial charge in [0.05, 0.1) is 33.2 Å². The molecule has 13 heteroatoms. The molecule has 0 aliphatic heterocycles. The number of phenolic OH excluding ortho intramolecular Hbond substituents is 1. The quantitative estimate of drug-likeness (QED) is 0.188. The van der Waals surface area contributed by atoms with Crippen LogP contribution in [0.4, 0.5) is 27.4 Å². The van der Waals surface area contributed by atoms with Crippen molar-refractivity contribution in [2.24, 2.45) is 0 Å². The van der Waals surface area contributed by atoms with Crippen LogP contribution in [0.1, 0.15) is 0 Å². The minimum atomic E-state index is -4.19. The van der Waals surface area contributed by atoms with Gasteiger partial charge in [0, 0.05) is 18.3 Å². The van der Waals surface area contributed by atoms with Crippen molar-refractivity contribution in [2.45, 2.75) is 4.90 Å². The molecule has 0 fully saturated rings. The number of fused-ring (bicyclic) bond motifs is 1. The number of hydrogen-bond acceptors (Lipinski definition) is 8. The van der Waals surface area contributed by atoms with Crippen LogP contribution in [-0.2, 0) is 14.8 Å². The number of sulfonamides is 1. The molecule has 0 aliphatic carbocycles. The SMILES string of the molecule is O=C(CNCCF)Nc1cccc(S(=O)(=O)Nc2nc3ccccc3nc2Nc2cc(O)ccc2Cl)c1. The van der Waals surface area contributed by atoms with Crippen molar-refractivity contribution < 1.29 is 22.7 Å². The van der Waals surface area contributed by atoms with E-state index in [2.05, 4.69) is 30.6 Å². The molecule has 0 bridgehead atoms. The minimum Gasteiger partial charge on any atom is -0.508 e. The zero-order valence-electron chi connectivity index (χ0n) is 19.2. The first-order valence-electron chi connectivity index (χ1n) is 11.0. The summed E-state index contributed by atoms with van der Waals surface area (Å²) in [6, 6.07) is 16.8. The molecule has 192 valence electrons. The van der Waals surface area contributed by atoms with Gasteiger partial charge in [-0.3, -0.25) is 9.52 Å². The molecule has 5 N–H and O–H groups in total. The van der Waals surface area contributed by atoms with E-state index in [1.807, 2.05) is 0 Å². The van der Waals surface area contributed by atoms with E-state index in [1.165, 1.54) is 42.5 Å². The Balaban J connectivity index is 1.65. The molecule has 0 aliphatic rings. The van der Waals surface area contributed by atoms with Crippen LogP contribution in [0.25, 0.3) is 11.0 Å². The van der Waals surface area contributed by atoms with Crippen LogP contribution in [0.15, 0.2) is 71.6 Å². The van der Waals surface area contributed by atoms with Gasteiger partial charge in [-0.05, 0) is 42.5 Å². The first-order valence-corrected chi connectivity index (χ1v) is 12.8. The van der Waals surface area contributed by atoms with Crippen LogP contribution in [0, 0.1) is 0 Å². The Morgan fingerprint density at radius 3 is 2.43 bits per heavy atom. The Morgan fingerprint density at radius 1 is 0.973 bits per heavy atom. The second-order valence-electron chi connectivity index (χ2n) is 7.75. The number of para-hydroxylation sites is 2. The molecule has 3 aromatic carbocycles. The number of amides is 1. The summed E-state index contributed by atoms with van der Waals surface area (Å²) in [6.07, 6.45) is 0. The third-order valence-electron chi connectivity index (χ3n) is 4.99. The summed E-state index contributed by atoms with van der Waals surface area (Å²) in [7, 11) is -4.19. The molecule has 0 spiro atoms. The zero-order valence-corrected chi connectivity index (χ0v) is 20.8. The van der Waals surface area contributed by atoms with Crippen LogP contribution < -0.4 is 20.7 Å². The van der Waals surface area contributed by atoms with Crippen molar-refractivity contribution in [1.82, 2.24) is 15.3 Å². The molecule has 0 atom stereocenters. The van der Waals surface area contributed by atoms with Gasteiger partial charge in [-0.2, -0.15) is 0 Å². The number of phenols is 1. The maximum absolute atomic E-state index is 13.3. The number of carbonyl (C=O) groups excluding carboxylic acids is 1. The van der Waals surface area contributed by atoms with E-state index in [-0.39, 0.29) is 51.8 Å². The number of halogens is 2. The van der Waals surface area contributed by atoms with Crippen LogP contribution in [0.3, 0.4) is 0 Å². The fourth-order valence-electron chi connectivity index (χ4n) is 3.30. The number of carbonyl (C=O) groups is 1. The van der Waals surface area contributed by atoms with Gasteiger partial charge in [-0.1, -0.05) is 29.8 Å². The topological polar surface area (TPSA) is 145 Å². The fraction of sp³-hybridized carbons (Fsp3) is 0.125. The molecule has 0 radical (unpaired) electrons. The Bertz CT molecular complexity index is 1550. The molecule has 1 aromatic heterocycles. The second-order valence-corrected chi connectivity index (χ2v) is 9.84. The Labute approximate surface area is 217 Å². The molecule has 1 amide bonds. The molecule has 4 aromatic rings. The van der Waals surface area contributed by atoms with Crippen molar-refractivity contribution in [1.29, 1.82) is 0 Å². The molecule has 0 saturated heterocycles. The monoisotopic (exact) mass is 544 g/mol. The van der Waals surface area contributed by atoms with E-state index in [4.69, 9.17) is 11.6 Å². The number of anilines is 4. The highest BCUT2D eigenvalue weighted by Crippen LogP contribution is 2.32. The molecule has 0 saturated carbocycles. The van der Waals surface area contributed by atoms with Crippen LogP contribution in [-0.4, -0.2) is 49.2 Å². The largest absolute Gasteiger partial charge is 0.508 e. The normalized spacial score (nSPS) is 11.3. The number of hydrogen-bond donors (Lipinski definition) is 5. The summed E-state index contributed by atoms with van der Waals surface area (Å²) in [6.45, 7) is -0.708. The van der Waals surface area contributed by atoms with E-state index in [9.17, 15) is 22.7 Å². The number of aromatic hydroxyl groups is 1. The van der Waals surface area contributed by atoms with Crippen LogP contribution in [0.5, 0.6) is 5.75 Å². The van der Waals surface area contributed by atoms with Crippen molar-refractivity contribution in [3.8, 4) is 5.75 Å². The van der Waals surface area contributed by atoms with Gasteiger partial charge in [-0.15, -0.1) is 0 Å². The van der Waals surface area contributed by atoms with Gasteiger partial charge in [0.2, 0.25) is 5.91 Å². The zero-order chi connectivity index (χ0) is 26.4. The maximum Gasteiger partial charge on any atom is 0.263 e. The molecule has 10 nitrogen and oxygen atoms in total. The minimum absolute atomic E-state index is 0.0305. The Hall–Kier alpha value is -4.00. The highest BCUT2D eigenvalue weighted by Gasteiger charge is 2.20. The molecule has 37 heavy (non-hydrogen) atoms. The van der Waals surface area contributed by atoms with Crippen molar-refractivity contribution >= 4 is 61.6 Å². The van der Waals surface area contributed by atoms with E-state index >= 15 is 0 Å². The number of nitrogens with zero attached hydrogens (tertiary/aromatic N) is 2. The average molecular weight is 545 g/mol. The molecule has 0 unspecified atom stereocenters. The lowest BCUT2D eigenvalue weighted by atomic mass is 10.3. The summed E-state index contributed by atoms with van der Waals surface area (Å²) in [5, 5.41) is 18.2. The van der Waals surface area contributed by atoms with E-state index in [1.54, 1.807) is 24.3 Å². The third kappa shape index (κ3) is 6.61. The number of rotatable bonds is 10. The third-order valence-corrected chi connectivity index (χ3v) is 6.66. The van der Waals surface area contributed by atoms with E-state index in [0.717, 1.165) is 0 Å². The highest BCUT2D eigenvalue weighted by molar-refractivity contribution is 7.92. The smallest absolute Gasteiger partial charge is 0.263 e. The number of aromatic nitrogens is 2. The lowest BCUT2D eigenvalue weighted by molar-refractivity contribution is -0.115. The van der Waals surface area contributed by atoms with Gasteiger partial charge in [0.25, 0.3) is 10.0 Å². The first kappa shape index (κ1) is 26.1. The van der Waals surface area contributed by atoms with Crippen LogP contribution in [0.2, 0.25) is 5.02 Å². The van der Waals surface area contributed by atoms with Crippen LogP contribution >= 0.6 is 11.6 Å². The lowest BCUT2D eigenvalue weighted by Crippen LogP contribution is -2.29. The number of nitrogens with one attached hydrogen (secondary N) is 4. The molecule has 1 heterocycles. The number of benzene rings is 3. The van der Waals surface area contributed by atoms with Crippen molar-refractivity contribution in [2.75, 3.05) is 35.1 Å². The highest BCUT2D eigenvalue weighted by atomic mass is 35.5. The first-order chi connectivity index (χ1) is 17.7. The van der Waals surface area contributed by atoms with Crippen molar-refractivity contribution in [3.63, 3.8) is 0 Å². The summed E-state index contributed by atoms with van der Waals surface area (Å²) < 4.78 is 41.2. The molecular formula is C24H22ClFN6O4S. The van der Waals surface area contributed by atoms with Gasteiger partial charge in [0.15, 0.2) is 11.6 Å². The van der Waals surface area contributed by atoms with E-state index < -0.39 is 22.6 Å². The van der Waals surface area contributed by atoms with Gasteiger partial charge in [-0.25, -0.2) is 22.8 Å². The Morgan fingerprint density at radius 2 is 1.70 bits per heavy atom. The number of alkyl halides is 1. The predicted octanol–water partition coefficient (Wildman–Crippen LogP) is 4.03. The standard InChI is InChI=1S/C24H22ClFN6O4S/c25-18-9-8-16(33)13-21(18)31-23-24(30-20-7-2-1-6-19(20)29-23)32-37(35,36)17-5-3-4-15(12-17)28-22(34)14-27-11-10-26/h1-9,12-13,27,33H,10-11,14H2,(H,28,34)(H,29,31)(H,30,32).